The van der Waals surface area contributed by atoms with Gasteiger partial charge in [-0.1, -0.05) is 18.2 Å². The number of carbonyl (C=O) groups excluding carboxylic acids is 1. The van der Waals surface area contributed by atoms with Crippen molar-refractivity contribution < 1.29 is 32.3 Å². The fourth-order valence-corrected chi connectivity index (χ4v) is 5.14. The lowest BCUT2D eigenvalue weighted by atomic mass is 10.2. The zero-order valence-electron chi connectivity index (χ0n) is 21.2. The number of benzene rings is 2. The van der Waals surface area contributed by atoms with Crippen LogP contribution < -0.4 is 14.8 Å². The molecule has 0 bridgehead atoms. The Bertz CT molecular complexity index is 1660. The molecule has 2 aromatic heterocycles. The van der Waals surface area contributed by atoms with Gasteiger partial charge in [0.15, 0.2) is 5.69 Å². The van der Waals surface area contributed by atoms with Gasteiger partial charge in [0, 0.05) is 17.2 Å². The van der Waals surface area contributed by atoms with Crippen LogP contribution in [0.15, 0.2) is 70.2 Å². The number of anilines is 1. The molecule has 3 N–H and O–H groups in total. The van der Waals surface area contributed by atoms with Crippen LogP contribution in [0.3, 0.4) is 0 Å². The van der Waals surface area contributed by atoms with Gasteiger partial charge in [-0.15, -0.1) is 0 Å². The summed E-state index contributed by atoms with van der Waals surface area (Å²) in [6.45, 7) is 3.26. The minimum atomic E-state index is -4.19. The number of aromatic carboxylic acids is 1. The summed E-state index contributed by atoms with van der Waals surface area (Å²) >= 11 is 0. The molecule has 0 saturated heterocycles. The van der Waals surface area contributed by atoms with Gasteiger partial charge in [0.05, 0.1) is 18.5 Å². The summed E-state index contributed by atoms with van der Waals surface area (Å²) in [5.41, 5.74) is 1.63. The number of carboxylic acids is 1. The van der Waals surface area contributed by atoms with Crippen molar-refractivity contribution in [3.63, 3.8) is 0 Å². The number of aryl methyl sites for hydroxylation is 1. The van der Waals surface area contributed by atoms with Crippen LogP contribution in [0, 0.1) is 19.8 Å². The summed E-state index contributed by atoms with van der Waals surface area (Å²) in [5.74, 6) is -1.16. The van der Waals surface area contributed by atoms with Crippen LogP contribution in [-0.4, -0.2) is 35.2 Å². The van der Waals surface area contributed by atoms with Crippen molar-refractivity contribution in [2.45, 2.75) is 38.1 Å². The lowest BCUT2D eigenvalue weighted by molar-refractivity contribution is -0.117. The van der Waals surface area contributed by atoms with E-state index in [-0.39, 0.29) is 51.8 Å². The molecule has 1 aliphatic rings. The molecule has 2 heterocycles. The Morgan fingerprint density at radius 2 is 1.90 bits per heavy atom. The molecule has 202 valence electrons. The second-order valence-electron chi connectivity index (χ2n) is 9.21. The van der Waals surface area contributed by atoms with Gasteiger partial charge in [-0.05, 0) is 68.7 Å². The number of ether oxygens (including phenoxy) is 1. The Balaban J connectivity index is 1.58. The normalized spacial score (nSPS) is 13.3. The number of para-hydroxylation sites is 1. The highest BCUT2D eigenvalue weighted by Gasteiger charge is 2.31. The van der Waals surface area contributed by atoms with E-state index in [1.54, 1.807) is 24.3 Å². The number of sulfonamides is 1. The van der Waals surface area contributed by atoms with Crippen molar-refractivity contribution in [3.05, 3.63) is 83.4 Å². The molecule has 2 aromatic carbocycles. The van der Waals surface area contributed by atoms with Crippen LogP contribution in [-0.2, 0) is 21.4 Å². The highest BCUT2D eigenvalue weighted by molar-refractivity contribution is 7.89. The molecule has 1 saturated carbocycles. The Hall–Kier alpha value is -4.42. The number of carbonyl (C=O) groups is 2. The van der Waals surface area contributed by atoms with E-state index in [1.165, 1.54) is 36.1 Å². The summed E-state index contributed by atoms with van der Waals surface area (Å²) < 4.78 is 42.1. The van der Waals surface area contributed by atoms with Crippen LogP contribution in [0.5, 0.6) is 11.6 Å². The fraction of sp³-hybridized carbons (Fsp3) is 0.222. The van der Waals surface area contributed by atoms with Crippen molar-refractivity contribution >= 4 is 27.6 Å². The highest BCUT2D eigenvalue weighted by atomic mass is 32.2. The Kier molecular flexibility index (Phi) is 6.98. The first-order chi connectivity index (χ1) is 18.6. The van der Waals surface area contributed by atoms with E-state index >= 15 is 0 Å². The van der Waals surface area contributed by atoms with Gasteiger partial charge in [0.25, 0.3) is 0 Å². The zero-order valence-corrected chi connectivity index (χ0v) is 22.0. The van der Waals surface area contributed by atoms with E-state index < -0.39 is 16.0 Å². The predicted octanol–water partition coefficient (Wildman–Crippen LogP) is 4.40. The number of furan rings is 1. The SMILES string of the molecule is Cc1ccccc1-n1nc(C(=O)O)c(C)c1Oc1ccc(NC(=O)C2CC2)cc1S(=O)(=O)NCc1ccco1. The first-order valence-corrected chi connectivity index (χ1v) is 13.7. The molecule has 1 aliphatic carbocycles. The molecule has 11 nitrogen and oxygen atoms in total. The second kappa shape index (κ2) is 10.4. The van der Waals surface area contributed by atoms with Crippen molar-refractivity contribution in [3.8, 4) is 17.3 Å². The number of nitrogens with zero attached hydrogens (tertiary/aromatic N) is 2. The predicted molar refractivity (Wildman–Crippen MR) is 141 cm³/mol. The van der Waals surface area contributed by atoms with E-state index in [0.29, 0.717) is 11.4 Å². The minimum Gasteiger partial charge on any atom is -0.476 e. The summed E-state index contributed by atoms with van der Waals surface area (Å²) in [6, 6.07) is 14.7. The van der Waals surface area contributed by atoms with E-state index in [4.69, 9.17) is 9.15 Å². The molecule has 0 atom stereocenters. The summed E-state index contributed by atoms with van der Waals surface area (Å²) in [4.78, 5) is 24.0. The number of aromatic nitrogens is 2. The number of hydrogen-bond donors (Lipinski definition) is 3. The number of nitrogens with one attached hydrogen (secondary N) is 2. The largest absolute Gasteiger partial charge is 0.476 e. The van der Waals surface area contributed by atoms with Crippen molar-refractivity contribution in [2.75, 3.05) is 5.32 Å². The standard InChI is InChI=1S/C27H26N4O7S/c1-16-6-3-4-8-21(16)31-26(17(2)24(30-31)27(33)34)38-22-12-11-19(29-25(32)18-9-10-18)14-23(22)39(35,36)28-15-20-7-5-13-37-20/h3-8,11-14,18,28H,9-10,15H2,1-2H3,(H,29,32)(H,33,34). The monoisotopic (exact) mass is 550 g/mol. The Labute approximate surface area is 224 Å². The van der Waals surface area contributed by atoms with Crippen LogP contribution in [0.2, 0.25) is 0 Å². The van der Waals surface area contributed by atoms with Crippen molar-refractivity contribution in [2.24, 2.45) is 5.92 Å². The molecule has 0 radical (unpaired) electrons. The van der Waals surface area contributed by atoms with Crippen LogP contribution in [0.4, 0.5) is 5.69 Å². The number of rotatable bonds is 10. The van der Waals surface area contributed by atoms with Gasteiger partial charge in [-0.25, -0.2) is 17.9 Å². The zero-order chi connectivity index (χ0) is 27.7. The van der Waals surface area contributed by atoms with Gasteiger partial charge in [-0.3, -0.25) is 4.79 Å². The first kappa shape index (κ1) is 26.2. The maximum Gasteiger partial charge on any atom is 0.356 e. The molecule has 1 fully saturated rings. The topological polar surface area (TPSA) is 153 Å². The number of hydrogen-bond acceptors (Lipinski definition) is 7. The van der Waals surface area contributed by atoms with Crippen molar-refractivity contribution in [1.82, 2.24) is 14.5 Å². The van der Waals surface area contributed by atoms with Gasteiger partial charge in [0.2, 0.25) is 21.8 Å². The lowest BCUT2D eigenvalue weighted by Crippen LogP contribution is -2.24. The van der Waals surface area contributed by atoms with E-state index in [1.807, 2.05) is 19.1 Å². The molecule has 0 aliphatic heterocycles. The van der Waals surface area contributed by atoms with E-state index in [2.05, 4.69) is 15.1 Å². The molecule has 4 aromatic rings. The third kappa shape index (κ3) is 5.56. The lowest BCUT2D eigenvalue weighted by Gasteiger charge is -2.16. The average Bonchev–Trinajstić information content (AvgIpc) is 3.53. The fourth-order valence-electron chi connectivity index (χ4n) is 4.00. The molecule has 1 amide bonds. The van der Waals surface area contributed by atoms with Gasteiger partial charge < -0.3 is 19.6 Å². The maximum absolute atomic E-state index is 13.5. The molecule has 0 unspecified atom stereocenters. The third-order valence-corrected chi connectivity index (χ3v) is 7.71. The average molecular weight is 551 g/mol. The summed E-state index contributed by atoms with van der Waals surface area (Å²) in [6.07, 6.45) is 3.01. The smallest absolute Gasteiger partial charge is 0.356 e. The maximum atomic E-state index is 13.5. The van der Waals surface area contributed by atoms with Crippen LogP contribution in [0.25, 0.3) is 5.69 Å². The summed E-state index contributed by atoms with van der Waals surface area (Å²) in [5, 5.41) is 16.7. The highest BCUT2D eigenvalue weighted by Crippen LogP contribution is 2.36. The number of carboxylic acid groups (broad SMARTS) is 1. The van der Waals surface area contributed by atoms with Gasteiger partial charge in [0.1, 0.15) is 16.4 Å². The van der Waals surface area contributed by atoms with E-state index in [9.17, 15) is 23.1 Å². The quantitative estimate of drug-likeness (QED) is 0.263. The molecular formula is C27H26N4O7S. The van der Waals surface area contributed by atoms with Gasteiger partial charge >= 0.3 is 5.97 Å². The Morgan fingerprint density at radius 3 is 2.56 bits per heavy atom. The molecule has 39 heavy (non-hydrogen) atoms. The minimum absolute atomic E-state index is 0.0407. The number of amides is 1. The first-order valence-electron chi connectivity index (χ1n) is 12.2. The van der Waals surface area contributed by atoms with Crippen LogP contribution in [0.1, 0.15) is 40.2 Å². The van der Waals surface area contributed by atoms with Gasteiger partial charge in [-0.2, -0.15) is 9.78 Å². The molecule has 5 rings (SSSR count). The third-order valence-electron chi connectivity index (χ3n) is 6.29. The second-order valence-corrected chi connectivity index (χ2v) is 10.9. The van der Waals surface area contributed by atoms with E-state index in [0.717, 1.165) is 18.4 Å². The van der Waals surface area contributed by atoms with Crippen molar-refractivity contribution in [1.29, 1.82) is 0 Å². The Morgan fingerprint density at radius 1 is 1.13 bits per heavy atom. The summed E-state index contributed by atoms with van der Waals surface area (Å²) in [7, 11) is -4.19. The molecule has 12 heteroatoms. The molecule has 0 spiro atoms. The molecular weight excluding hydrogens is 524 g/mol. The van der Waals surface area contributed by atoms with Crippen LogP contribution >= 0.6 is 0 Å².